The minimum Gasteiger partial charge on any atom is -0.480 e. The normalized spacial score (nSPS) is 22.8. The molecule has 0 aromatic carbocycles. The van der Waals surface area contributed by atoms with E-state index in [1.807, 2.05) is 6.92 Å². The van der Waals surface area contributed by atoms with Crippen molar-refractivity contribution in [2.24, 2.45) is 0 Å². The molecule has 0 aromatic rings. The average molecular weight is 258 g/mol. The largest absolute Gasteiger partial charge is 0.480 e. The van der Waals surface area contributed by atoms with E-state index in [-0.39, 0.29) is 24.7 Å². The van der Waals surface area contributed by atoms with Crippen LogP contribution in [0.25, 0.3) is 0 Å². The lowest BCUT2D eigenvalue weighted by Gasteiger charge is -2.25. The quantitative estimate of drug-likeness (QED) is 0.746. The zero-order valence-electron chi connectivity index (χ0n) is 11.0. The molecule has 18 heavy (non-hydrogen) atoms. The van der Waals surface area contributed by atoms with Gasteiger partial charge in [0.05, 0.1) is 12.1 Å². The number of hydrogen-bond donors (Lipinski definition) is 2. The predicted octanol–water partition coefficient (Wildman–Crippen LogP) is 1.06. The van der Waals surface area contributed by atoms with Crippen molar-refractivity contribution in [1.29, 1.82) is 0 Å². The number of methoxy groups -OCH3 is 1. The van der Waals surface area contributed by atoms with Crippen LogP contribution in [0.1, 0.15) is 32.6 Å². The number of carboxylic acids is 1. The van der Waals surface area contributed by atoms with Crippen molar-refractivity contribution in [3.05, 3.63) is 0 Å². The van der Waals surface area contributed by atoms with Crippen LogP contribution in [0, 0.1) is 0 Å². The van der Waals surface area contributed by atoms with Crippen molar-refractivity contribution in [2.75, 3.05) is 20.2 Å². The molecule has 1 fully saturated rings. The van der Waals surface area contributed by atoms with Gasteiger partial charge in [-0.3, -0.25) is 4.79 Å². The van der Waals surface area contributed by atoms with Gasteiger partial charge in [0.2, 0.25) is 0 Å². The van der Waals surface area contributed by atoms with E-state index in [1.165, 1.54) is 4.90 Å². The highest BCUT2D eigenvalue weighted by atomic mass is 16.5. The third-order valence-corrected chi connectivity index (χ3v) is 3.17. The van der Waals surface area contributed by atoms with Gasteiger partial charge in [-0.15, -0.1) is 0 Å². The van der Waals surface area contributed by atoms with Gasteiger partial charge in [0.25, 0.3) is 0 Å². The molecule has 0 heterocycles. The number of ether oxygens (including phenoxy) is 1. The van der Waals surface area contributed by atoms with Crippen LogP contribution >= 0.6 is 0 Å². The first kappa shape index (κ1) is 14.8. The van der Waals surface area contributed by atoms with E-state index in [0.29, 0.717) is 6.54 Å². The number of carbonyl (C=O) groups is 2. The number of carbonyl (C=O) groups excluding carboxylic acids is 1. The van der Waals surface area contributed by atoms with Gasteiger partial charge in [-0.1, -0.05) is 6.92 Å². The fourth-order valence-electron chi connectivity index (χ4n) is 2.31. The Hall–Kier alpha value is -1.30. The Kier molecular flexibility index (Phi) is 5.91. The lowest BCUT2D eigenvalue weighted by molar-refractivity contribution is -0.137. The third kappa shape index (κ3) is 4.18. The number of amides is 2. The average Bonchev–Trinajstić information content (AvgIpc) is 2.75. The second-order valence-electron chi connectivity index (χ2n) is 4.58. The Bertz CT molecular complexity index is 296. The van der Waals surface area contributed by atoms with Gasteiger partial charge in [-0.2, -0.15) is 0 Å². The zero-order chi connectivity index (χ0) is 13.5. The maximum Gasteiger partial charge on any atom is 0.323 e. The van der Waals surface area contributed by atoms with Crippen molar-refractivity contribution in [3.8, 4) is 0 Å². The molecule has 1 rings (SSSR count). The van der Waals surface area contributed by atoms with Crippen LogP contribution in [0.3, 0.4) is 0 Å². The van der Waals surface area contributed by atoms with Crippen LogP contribution < -0.4 is 5.32 Å². The maximum atomic E-state index is 12.0. The monoisotopic (exact) mass is 258 g/mol. The summed E-state index contributed by atoms with van der Waals surface area (Å²) in [7, 11) is 1.64. The second kappa shape index (κ2) is 7.20. The predicted molar refractivity (Wildman–Crippen MR) is 66.5 cm³/mol. The van der Waals surface area contributed by atoms with Gasteiger partial charge in [0.15, 0.2) is 0 Å². The molecule has 6 heteroatoms. The molecule has 0 bridgehead atoms. The van der Waals surface area contributed by atoms with Crippen LogP contribution in [0.2, 0.25) is 0 Å². The summed E-state index contributed by atoms with van der Waals surface area (Å²) in [5.41, 5.74) is 0. The van der Waals surface area contributed by atoms with Gasteiger partial charge < -0.3 is 20.1 Å². The van der Waals surface area contributed by atoms with Crippen LogP contribution in [0.5, 0.6) is 0 Å². The highest BCUT2D eigenvalue weighted by Crippen LogP contribution is 2.21. The molecular formula is C12H22N2O4. The molecule has 1 saturated carbocycles. The molecule has 6 nitrogen and oxygen atoms in total. The molecule has 2 amide bonds. The Balaban J connectivity index is 2.52. The standard InChI is InChI=1S/C12H22N2O4/c1-3-7-14(8-11(15)16)12(17)13-9-5-4-6-10(9)18-2/h9-10H,3-8H2,1-2H3,(H,13,17)(H,15,16). The highest BCUT2D eigenvalue weighted by Gasteiger charge is 2.29. The molecule has 1 aliphatic carbocycles. The molecule has 0 saturated heterocycles. The number of rotatable bonds is 6. The first-order valence-corrected chi connectivity index (χ1v) is 6.38. The van der Waals surface area contributed by atoms with Crippen molar-refractivity contribution in [3.63, 3.8) is 0 Å². The molecule has 2 atom stereocenters. The highest BCUT2D eigenvalue weighted by molar-refractivity contribution is 5.80. The van der Waals surface area contributed by atoms with Gasteiger partial charge in [0.1, 0.15) is 6.54 Å². The van der Waals surface area contributed by atoms with E-state index in [1.54, 1.807) is 7.11 Å². The van der Waals surface area contributed by atoms with Crippen molar-refractivity contribution in [1.82, 2.24) is 10.2 Å². The topological polar surface area (TPSA) is 78.9 Å². The van der Waals surface area contributed by atoms with Gasteiger partial charge in [0, 0.05) is 13.7 Å². The molecule has 0 aliphatic heterocycles. The van der Waals surface area contributed by atoms with E-state index in [0.717, 1.165) is 25.7 Å². The van der Waals surface area contributed by atoms with Crippen LogP contribution in [-0.2, 0) is 9.53 Å². The molecule has 0 spiro atoms. The van der Waals surface area contributed by atoms with Crippen molar-refractivity contribution in [2.45, 2.75) is 44.8 Å². The van der Waals surface area contributed by atoms with Crippen LogP contribution in [0.4, 0.5) is 4.79 Å². The number of hydrogen-bond acceptors (Lipinski definition) is 3. The summed E-state index contributed by atoms with van der Waals surface area (Å²) >= 11 is 0. The van der Waals surface area contributed by atoms with Gasteiger partial charge >= 0.3 is 12.0 Å². The Labute approximate surface area is 107 Å². The first-order chi connectivity index (χ1) is 8.58. The molecular weight excluding hydrogens is 236 g/mol. The Morgan fingerprint density at radius 2 is 2.17 bits per heavy atom. The van der Waals surface area contributed by atoms with Crippen LogP contribution in [-0.4, -0.2) is 54.4 Å². The lowest BCUT2D eigenvalue weighted by Crippen LogP contribution is -2.49. The van der Waals surface area contributed by atoms with E-state index < -0.39 is 5.97 Å². The fourth-order valence-corrected chi connectivity index (χ4v) is 2.31. The fraction of sp³-hybridized carbons (Fsp3) is 0.833. The van der Waals surface area contributed by atoms with Crippen molar-refractivity contribution < 1.29 is 19.4 Å². The first-order valence-electron chi connectivity index (χ1n) is 6.38. The van der Waals surface area contributed by atoms with E-state index in [4.69, 9.17) is 9.84 Å². The van der Waals surface area contributed by atoms with E-state index in [2.05, 4.69) is 5.32 Å². The summed E-state index contributed by atoms with van der Waals surface area (Å²) in [5, 5.41) is 11.6. The molecule has 1 aliphatic rings. The number of urea groups is 1. The minimum atomic E-state index is -0.992. The number of carboxylic acid groups (broad SMARTS) is 1. The van der Waals surface area contributed by atoms with Crippen molar-refractivity contribution >= 4 is 12.0 Å². The molecule has 0 radical (unpaired) electrons. The molecule has 104 valence electrons. The SMILES string of the molecule is CCCN(CC(=O)O)C(=O)NC1CCCC1OC. The maximum absolute atomic E-state index is 12.0. The summed E-state index contributed by atoms with van der Waals surface area (Å²) in [6.45, 7) is 2.10. The van der Waals surface area contributed by atoms with E-state index >= 15 is 0 Å². The minimum absolute atomic E-state index is 0.00403. The smallest absolute Gasteiger partial charge is 0.323 e. The van der Waals surface area contributed by atoms with Crippen LogP contribution in [0.15, 0.2) is 0 Å². The van der Waals surface area contributed by atoms with Gasteiger partial charge in [-0.05, 0) is 25.7 Å². The summed E-state index contributed by atoms with van der Waals surface area (Å²) in [6, 6.07) is -0.316. The van der Waals surface area contributed by atoms with Gasteiger partial charge in [-0.25, -0.2) is 4.79 Å². The Morgan fingerprint density at radius 3 is 2.72 bits per heavy atom. The molecule has 0 aromatic heterocycles. The number of nitrogens with zero attached hydrogens (tertiary/aromatic N) is 1. The lowest BCUT2D eigenvalue weighted by atomic mass is 10.2. The zero-order valence-corrected chi connectivity index (χ0v) is 11.0. The summed E-state index contributed by atoms with van der Waals surface area (Å²) in [6.07, 6.45) is 3.63. The molecule has 2 N–H and O–H groups in total. The summed E-state index contributed by atoms with van der Waals surface area (Å²) < 4.78 is 5.30. The summed E-state index contributed by atoms with van der Waals surface area (Å²) in [4.78, 5) is 24.0. The third-order valence-electron chi connectivity index (χ3n) is 3.17. The summed E-state index contributed by atoms with van der Waals surface area (Å²) in [5.74, 6) is -0.992. The second-order valence-corrected chi connectivity index (χ2v) is 4.58. The molecule has 2 unspecified atom stereocenters. The van der Waals surface area contributed by atoms with E-state index in [9.17, 15) is 9.59 Å². The Morgan fingerprint density at radius 1 is 1.44 bits per heavy atom. The number of nitrogens with one attached hydrogen (secondary N) is 1. The number of aliphatic carboxylic acids is 1.